The Morgan fingerprint density at radius 3 is 3.18 bits per heavy atom. The van der Waals surface area contributed by atoms with Gasteiger partial charge in [0.1, 0.15) is 10.7 Å². The van der Waals surface area contributed by atoms with Gasteiger partial charge >= 0.3 is 0 Å². The van der Waals surface area contributed by atoms with E-state index in [-0.39, 0.29) is 5.91 Å². The van der Waals surface area contributed by atoms with Gasteiger partial charge in [0.05, 0.1) is 0 Å². The predicted octanol–water partition coefficient (Wildman–Crippen LogP) is 1.62. The van der Waals surface area contributed by atoms with Crippen LogP contribution in [0, 0.1) is 0 Å². The lowest BCUT2D eigenvalue weighted by Crippen LogP contribution is -2.38. The van der Waals surface area contributed by atoms with Crippen molar-refractivity contribution in [1.82, 2.24) is 10.3 Å². The third kappa shape index (κ3) is 3.00. The van der Waals surface area contributed by atoms with Crippen LogP contribution >= 0.6 is 23.1 Å². The number of thioether (sulfide) groups is 1. The first-order valence-corrected chi connectivity index (χ1v) is 7.89. The SMILES string of the molecule is CSC1CCCC1NC(=O)c1csc(CN)n1. The Morgan fingerprint density at radius 1 is 1.71 bits per heavy atom. The van der Waals surface area contributed by atoms with Crippen LogP contribution in [0.1, 0.15) is 34.8 Å². The van der Waals surface area contributed by atoms with Gasteiger partial charge in [0, 0.05) is 23.2 Å². The summed E-state index contributed by atoms with van der Waals surface area (Å²) in [5, 5.41) is 6.21. The highest BCUT2D eigenvalue weighted by molar-refractivity contribution is 7.99. The first-order chi connectivity index (χ1) is 8.24. The van der Waals surface area contributed by atoms with Gasteiger partial charge in [0.15, 0.2) is 0 Å². The fraction of sp³-hybridized carbons (Fsp3) is 0.636. The maximum Gasteiger partial charge on any atom is 0.271 e. The fourth-order valence-corrected chi connectivity index (χ4v) is 3.71. The zero-order chi connectivity index (χ0) is 12.3. The summed E-state index contributed by atoms with van der Waals surface area (Å²) in [6, 6.07) is 0.292. The van der Waals surface area contributed by atoms with E-state index in [9.17, 15) is 4.79 Å². The molecule has 1 fully saturated rings. The number of carbonyl (C=O) groups is 1. The predicted molar refractivity (Wildman–Crippen MR) is 72.4 cm³/mol. The highest BCUT2D eigenvalue weighted by atomic mass is 32.2. The first-order valence-electron chi connectivity index (χ1n) is 5.72. The van der Waals surface area contributed by atoms with Crippen molar-refractivity contribution < 1.29 is 4.79 Å². The largest absolute Gasteiger partial charge is 0.347 e. The number of hydrogen-bond donors (Lipinski definition) is 2. The number of nitrogens with zero attached hydrogens (tertiary/aromatic N) is 1. The minimum Gasteiger partial charge on any atom is -0.347 e. The highest BCUT2D eigenvalue weighted by Crippen LogP contribution is 2.28. The van der Waals surface area contributed by atoms with Crippen LogP contribution in [0.2, 0.25) is 0 Å². The van der Waals surface area contributed by atoms with Crippen LogP contribution in [0.3, 0.4) is 0 Å². The molecule has 0 radical (unpaired) electrons. The molecule has 94 valence electrons. The van der Waals surface area contributed by atoms with Crippen LogP contribution in [0.15, 0.2) is 5.38 Å². The number of nitrogens with one attached hydrogen (secondary N) is 1. The van der Waals surface area contributed by atoms with Gasteiger partial charge in [-0.1, -0.05) is 6.42 Å². The molecule has 0 bridgehead atoms. The lowest BCUT2D eigenvalue weighted by molar-refractivity contribution is 0.0934. The van der Waals surface area contributed by atoms with Gasteiger partial charge in [-0.05, 0) is 19.1 Å². The molecule has 1 aromatic heterocycles. The van der Waals surface area contributed by atoms with E-state index in [1.165, 1.54) is 24.2 Å². The van der Waals surface area contributed by atoms with Crippen molar-refractivity contribution in [1.29, 1.82) is 0 Å². The quantitative estimate of drug-likeness (QED) is 0.873. The number of nitrogens with two attached hydrogens (primary N) is 1. The van der Waals surface area contributed by atoms with Crippen LogP contribution in [0.25, 0.3) is 0 Å². The number of thiazole rings is 1. The molecule has 0 saturated heterocycles. The molecule has 4 nitrogen and oxygen atoms in total. The summed E-state index contributed by atoms with van der Waals surface area (Å²) < 4.78 is 0. The second-order valence-corrected chi connectivity index (χ2v) is 6.14. The molecule has 1 aromatic rings. The molecule has 1 amide bonds. The van der Waals surface area contributed by atoms with E-state index < -0.39 is 0 Å². The Hall–Kier alpha value is -0.590. The van der Waals surface area contributed by atoms with Gasteiger partial charge in [-0.25, -0.2) is 4.98 Å². The van der Waals surface area contributed by atoms with Crippen molar-refractivity contribution in [2.24, 2.45) is 5.73 Å². The molecule has 2 rings (SSSR count). The highest BCUT2D eigenvalue weighted by Gasteiger charge is 2.28. The Kier molecular flexibility index (Phi) is 4.42. The number of amides is 1. The minimum atomic E-state index is -0.0631. The van der Waals surface area contributed by atoms with Gasteiger partial charge in [-0.15, -0.1) is 11.3 Å². The number of aromatic nitrogens is 1. The maximum atomic E-state index is 12.0. The van der Waals surface area contributed by atoms with Gasteiger partial charge in [-0.2, -0.15) is 11.8 Å². The molecule has 0 aliphatic heterocycles. The smallest absolute Gasteiger partial charge is 0.271 e. The molecule has 0 spiro atoms. The van der Waals surface area contributed by atoms with Crippen LogP contribution in [-0.2, 0) is 6.54 Å². The monoisotopic (exact) mass is 271 g/mol. The molecule has 3 N–H and O–H groups in total. The molecule has 1 heterocycles. The molecule has 1 aliphatic rings. The fourth-order valence-electron chi connectivity index (χ4n) is 2.12. The molecule has 2 unspecified atom stereocenters. The Labute approximate surface area is 109 Å². The Bertz CT molecular complexity index is 394. The van der Waals surface area contributed by atoms with E-state index in [2.05, 4.69) is 16.6 Å². The standard InChI is InChI=1S/C11H17N3OS2/c1-16-9-4-2-3-7(9)14-11(15)8-6-17-10(5-12)13-8/h6-7,9H,2-5,12H2,1H3,(H,14,15). The first kappa shape index (κ1) is 12.9. The van der Waals surface area contributed by atoms with Crippen molar-refractivity contribution >= 4 is 29.0 Å². The summed E-state index contributed by atoms with van der Waals surface area (Å²) in [5.41, 5.74) is 5.99. The van der Waals surface area contributed by atoms with E-state index in [1.807, 2.05) is 11.8 Å². The molecule has 2 atom stereocenters. The number of carbonyl (C=O) groups excluding carboxylic acids is 1. The Morgan fingerprint density at radius 2 is 2.53 bits per heavy atom. The van der Waals surface area contributed by atoms with Crippen LogP contribution < -0.4 is 11.1 Å². The topological polar surface area (TPSA) is 68.0 Å². The average Bonchev–Trinajstić information content (AvgIpc) is 2.96. The normalized spacial score (nSPS) is 23.9. The van der Waals surface area contributed by atoms with Crippen molar-refractivity contribution in [3.8, 4) is 0 Å². The van der Waals surface area contributed by atoms with E-state index >= 15 is 0 Å². The van der Waals surface area contributed by atoms with E-state index in [0.29, 0.717) is 23.5 Å². The molecule has 0 aromatic carbocycles. The number of hydrogen-bond acceptors (Lipinski definition) is 5. The molecule has 6 heteroatoms. The molecule has 17 heavy (non-hydrogen) atoms. The lowest BCUT2D eigenvalue weighted by Gasteiger charge is -2.18. The van der Waals surface area contributed by atoms with Gasteiger partial charge in [0.25, 0.3) is 5.91 Å². The summed E-state index contributed by atoms with van der Waals surface area (Å²) in [6.45, 7) is 0.398. The summed E-state index contributed by atoms with van der Waals surface area (Å²) in [6.07, 6.45) is 5.56. The van der Waals surface area contributed by atoms with Gasteiger partial charge < -0.3 is 11.1 Å². The minimum absolute atomic E-state index is 0.0631. The van der Waals surface area contributed by atoms with Gasteiger partial charge in [-0.3, -0.25) is 4.79 Å². The van der Waals surface area contributed by atoms with E-state index in [1.54, 1.807) is 5.38 Å². The maximum absolute atomic E-state index is 12.0. The summed E-state index contributed by atoms with van der Waals surface area (Å²) in [5.74, 6) is -0.0631. The van der Waals surface area contributed by atoms with E-state index in [0.717, 1.165) is 11.4 Å². The zero-order valence-corrected chi connectivity index (χ0v) is 11.4. The molecular weight excluding hydrogens is 254 g/mol. The van der Waals surface area contributed by atoms with E-state index in [4.69, 9.17) is 5.73 Å². The third-order valence-corrected chi connectivity index (χ3v) is 5.07. The van der Waals surface area contributed by atoms with Crippen LogP contribution in [-0.4, -0.2) is 28.4 Å². The van der Waals surface area contributed by atoms with Crippen LogP contribution in [0.4, 0.5) is 0 Å². The zero-order valence-electron chi connectivity index (χ0n) is 9.81. The number of rotatable bonds is 4. The van der Waals surface area contributed by atoms with Crippen molar-refractivity contribution in [2.75, 3.05) is 6.26 Å². The summed E-state index contributed by atoms with van der Waals surface area (Å²) in [4.78, 5) is 16.2. The second kappa shape index (κ2) is 5.84. The summed E-state index contributed by atoms with van der Waals surface area (Å²) in [7, 11) is 0. The average molecular weight is 271 g/mol. The third-order valence-electron chi connectivity index (χ3n) is 3.03. The summed E-state index contributed by atoms with van der Waals surface area (Å²) >= 11 is 3.28. The van der Waals surface area contributed by atoms with Gasteiger partial charge in [0.2, 0.25) is 0 Å². The van der Waals surface area contributed by atoms with Crippen molar-refractivity contribution in [3.63, 3.8) is 0 Å². The Balaban J connectivity index is 1.96. The van der Waals surface area contributed by atoms with Crippen LogP contribution in [0.5, 0.6) is 0 Å². The van der Waals surface area contributed by atoms with Crippen molar-refractivity contribution in [3.05, 3.63) is 16.1 Å². The molecular formula is C11H17N3OS2. The molecule has 1 aliphatic carbocycles. The lowest BCUT2D eigenvalue weighted by atomic mass is 10.2. The van der Waals surface area contributed by atoms with Crippen molar-refractivity contribution in [2.45, 2.75) is 37.1 Å². The second-order valence-electron chi connectivity index (χ2n) is 4.12. The molecule has 1 saturated carbocycles.